The molecule has 0 unspecified atom stereocenters. The summed E-state index contributed by atoms with van der Waals surface area (Å²) in [5, 5.41) is 3.11. The Morgan fingerprint density at radius 3 is 2.26 bits per heavy atom. The van der Waals surface area contributed by atoms with E-state index >= 15 is 0 Å². The third kappa shape index (κ3) is 4.87. The van der Waals surface area contributed by atoms with E-state index in [-0.39, 0.29) is 11.9 Å². The monoisotopic (exact) mass is 327 g/mol. The lowest BCUT2D eigenvalue weighted by Crippen LogP contribution is -2.28. The van der Waals surface area contributed by atoms with Crippen molar-refractivity contribution >= 4 is 17.7 Å². The van der Waals surface area contributed by atoms with Crippen LogP contribution < -0.4 is 5.32 Å². The molecule has 0 radical (unpaired) electrons. The second-order valence-electron chi connectivity index (χ2n) is 6.18. The zero-order valence-corrected chi connectivity index (χ0v) is 15.4. The predicted octanol–water partition coefficient (Wildman–Crippen LogP) is 4.89. The standard InChI is InChI=1S/C20H25NOS/c1-13-6-8-18(9-7-13)23-12-20(22)21-17(5)19-11-15(3)14(2)10-16(19)4/h6-11,17H,12H2,1-5H3,(H,21,22)/t17-/m1/s1. The van der Waals surface area contributed by atoms with Crippen LogP contribution in [0.25, 0.3) is 0 Å². The van der Waals surface area contributed by atoms with Gasteiger partial charge in [0.1, 0.15) is 0 Å². The first kappa shape index (κ1) is 17.6. The number of hydrogen-bond acceptors (Lipinski definition) is 2. The Morgan fingerprint density at radius 1 is 1.00 bits per heavy atom. The molecule has 0 heterocycles. The topological polar surface area (TPSA) is 29.1 Å². The van der Waals surface area contributed by atoms with Gasteiger partial charge in [-0.1, -0.05) is 29.8 Å². The average molecular weight is 327 g/mol. The molecule has 0 saturated carbocycles. The molecule has 0 spiro atoms. The highest BCUT2D eigenvalue weighted by atomic mass is 32.2. The quantitative estimate of drug-likeness (QED) is 0.792. The molecule has 0 bridgehead atoms. The number of carbonyl (C=O) groups is 1. The number of aryl methyl sites for hydroxylation is 4. The van der Waals surface area contributed by atoms with Crippen molar-refractivity contribution in [3.8, 4) is 0 Å². The van der Waals surface area contributed by atoms with Gasteiger partial charge in [0.2, 0.25) is 5.91 Å². The van der Waals surface area contributed by atoms with E-state index in [1.54, 1.807) is 11.8 Å². The average Bonchev–Trinajstić information content (AvgIpc) is 2.50. The van der Waals surface area contributed by atoms with Crippen molar-refractivity contribution < 1.29 is 4.79 Å². The van der Waals surface area contributed by atoms with E-state index in [1.165, 1.54) is 27.8 Å². The fraction of sp³-hybridized carbons (Fsp3) is 0.350. The SMILES string of the molecule is Cc1ccc(SCC(=O)N[C@H](C)c2cc(C)c(C)cc2C)cc1. The Bertz CT molecular complexity index is 692. The number of rotatable bonds is 5. The van der Waals surface area contributed by atoms with Gasteiger partial charge in [0.05, 0.1) is 11.8 Å². The van der Waals surface area contributed by atoms with E-state index in [9.17, 15) is 4.79 Å². The fourth-order valence-electron chi connectivity index (χ4n) is 2.59. The lowest BCUT2D eigenvalue weighted by Gasteiger charge is -2.18. The van der Waals surface area contributed by atoms with Gasteiger partial charge in [0.15, 0.2) is 0 Å². The Kier molecular flexibility index (Phi) is 5.89. The van der Waals surface area contributed by atoms with Crippen molar-refractivity contribution in [1.82, 2.24) is 5.32 Å². The molecule has 2 rings (SSSR count). The van der Waals surface area contributed by atoms with Crippen LogP contribution in [0.4, 0.5) is 0 Å². The third-order valence-electron chi connectivity index (χ3n) is 4.12. The highest BCUT2D eigenvalue weighted by Crippen LogP contribution is 2.22. The van der Waals surface area contributed by atoms with Crippen LogP contribution in [0.5, 0.6) is 0 Å². The van der Waals surface area contributed by atoms with Crippen molar-refractivity contribution in [3.05, 3.63) is 64.2 Å². The molecule has 1 N–H and O–H groups in total. The molecule has 122 valence electrons. The van der Waals surface area contributed by atoms with E-state index < -0.39 is 0 Å². The summed E-state index contributed by atoms with van der Waals surface area (Å²) in [6.07, 6.45) is 0. The smallest absolute Gasteiger partial charge is 0.230 e. The Morgan fingerprint density at radius 2 is 1.61 bits per heavy atom. The molecule has 0 saturated heterocycles. The summed E-state index contributed by atoms with van der Waals surface area (Å²) >= 11 is 1.57. The molecule has 1 atom stereocenters. The van der Waals surface area contributed by atoms with Crippen molar-refractivity contribution in [2.75, 3.05) is 5.75 Å². The number of carbonyl (C=O) groups excluding carboxylic acids is 1. The van der Waals surface area contributed by atoms with Crippen molar-refractivity contribution in [3.63, 3.8) is 0 Å². The molecule has 0 aliphatic heterocycles. The van der Waals surface area contributed by atoms with Gasteiger partial charge < -0.3 is 5.32 Å². The minimum absolute atomic E-state index is 0.0282. The highest BCUT2D eigenvalue weighted by molar-refractivity contribution is 8.00. The summed E-state index contributed by atoms with van der Waals surface area (Å²) in [5.41, 5.74) is 6.21. The van der Waals surface area contributed by atoms with Gasteiger partial charge in [-0.15, -0.1) is 11.8 Å². The summed E-state index contributed by atoms with van der Waals surface area (Å²) in [4.78, 5) is 13.3. The molecule has 2 aromatic carbocycles. The summed E-state index contributed by atoms with van der Waals surface area (Å²) in [6.45, 7) is 10.4. The maximum atomic E-state index is 12.2. The molecular weight excluding hydrogens is 302 g/mol. The van der Waals surface area contributed by atoms with Gasteiger partial charge in [-0.2, -0.15) is 0 Å². The normalized spacial score (nSPS) is 12.0. The lowest BCUT2D eigenvalue weighted by molar-refractivity contribution is -0.119. The maximum absolute atomic E-state index is 12.2. The maximum Gasteiger partial charge on any atom is 0.230 e. The Balaban J connectivity index is 1.94. The molecule has 0 aromatic heterocycles. The summed E-state index contributed by atoms with van der Waals surface area (Å²) in [7, 11) is 0. The predicted molar refractivity (Wildman–Crippen MR) is 99.1 cm³/mol. The molecule has 0 fully saturated rings. The van der Waals surface area contributed by atoms with Gasteiger partial charge in [0, 0.05) is 4.90 Å². The van der Waals surface area contributed by atoms with E-state index in [1.807, 2.05) is 6.92 Å². The lowest BCUT2D eigenvalue weighted by atomic mass is 9.96. The van der Waals surface area contributed by atoms with Gasteiger partial charge in [-0.3, -0.25) is 4.79 Å². The van der Waals surface area contributed by atoms with Crippen molar-refractivity contribution in [2.24, 2.45) is 0 Å². The molecule has 0 aliphatic rings. The molecule has 0 aliphatic carbocycles. The van der Waals surface area contributed by atoms with E-state index in [4.69, 9.17) is 0 Å². The van der Waals surface area contributed by atoms with Crippen LogP contribution in [0.15, 0.2) is 41.3 Å². The fourth-order valence-corrected chi connectivity index (χ4v) is 3.30. The number of thioether (sulfide) groups is 1. The molecule has 23 heavy (non-hydrogen) atoms. The zero-order chi connectivity index (χ0) is 17.0. The van der Waals surface area contributed by atoms with Crippen molar-refractivity contribution in [1.29, 1.82) is 0 Å². The van der Waals surface area contributed by atoms with Crippen LogP contribution in [0.1, 0.15) is 40.8 Å². The summed E-state index contributed by atoms with van der Waals surface area (Å²) < 4.78 is 0. The molecule has 2 nitrogen and oxygen atoms in total. The molecular formula is C20H25NOS. The van der Waals surface area contributed by atoms with E-state index in [0.29, 0.717) is 5.75 Å². The van der Waals surface area contributed by atoms with Gasteiger partial charge >= 0.3 is 0 Å². The summed E-state index contributed by atoms with van der Waals surface area (Å²) in [5.74, 6) is 0.512. The van der Waals surface area contributed by atoms with E-state index in [0.717, 1.165) is 4.90 Å². The van der Waals surface area contributed by atoms with Crippen LogP contribution in [-0.2, 0) is 4.79 Å². The minimum atomic E-state index is 0.0282. The second-order valence-corrected chi connectivity index (χ2v) is 7.23. The largest absolute Gasteiger partial charge is 0.349 e. The number of hydrogen-bond donors (Lipinski definition) is 1. The van der Waals surface area contributed by atoms with Gasteiger partial charge in [-0.25, -0.2) is 0 Å². The van der Waals surface area contributed by atoms with Gasteiger partial charge in [-0.05, 0) is 69.0 Å². The van der Waals surface area contributed by atoms with Gasteiger partial charge in [0.25, 0.3) is 0 Å². The second kappa shape index (κ2) is 7.69. The number of nitrogens with one attached hydrogen (secondary N) is 1. The van der Waals surface area contributed by atoms with Crippen molar-refractivity contribution in [2.45, 2.75) is 45.6 Å². The highest BCUT2D eigenvalue weighted by Gasteiger charge is 2.13. The molecule has 3 heteroatoms. The first-order chi connectivity index (χ1) is 10.9. The van der Waals surface area contributed by atoms with Crippen LogP contribution in [0.3, 0.4) is 0 Å². The third-order valence-corrected chi connectivity index (χ3v) is 5.13. The first-order valence-corrected chi connectivity index (χ1v) is 8.92. The minimum Gasteiger partial charge on any atom is -0.349 e. The van der Waals surface area contributed by atoms with Crippen LogP contribution >= 0.6 is 11.8 Å². The number of amides is 1. The first-order valence-electron chi connectivity index (χ1n) is 7.93. The number of benzene rings is 2. The molecule has 1 amide bonds. The molecule has 2 aromatic rings. The Hall–Kier alpha value is -1.74. The van der Waals surface area contributed by atoms with Crippen LogP contribution in [0.2, 0.25) is 0 Å². The van der Waals surface area contributed by atoms with E-state index in [2.05, 4.69) is 69.4 Å². The summed E-state index contributed by atoms with van der Waals surface area (Å²) in [6, 6.07) is 12.7. The Labute approximate surface area is 143 Å². The van der Waals surface area contributed by atoms with Crippen LogP contribution in [0, 0.1) is 27.7 Å². The zero-order valence-electron chi connectivity index (χ0n) is 14.6. The van der Waals surface area contributed by atoms with Crippen LogP contribution in [-0.4, -0.2) is 11.7 Å².